The normalized spacial score (nSPS) is 25.3. The number of hydrogen-bond donors (Lipinski definition) is 12. The minimum atomic E-state index is -1.74. The Morgan fingerprint density at radius 1 is 0.803 bits per heavy atom. The molecule has 15 N–H and O–H groups in total. The van der Waals surface area contributed by atoms with Gasteiger partial charge in [0.1, 0.15) is 48.0 Å². The highest BCUT2D eigenvalue weighted by atomic mass is 33.1. The summed E-state index contributed by atoms with van der Waals surface area (Å²) in [4.78, 5) is 135. The van der Waals surface area contributed by atoms with Crippen LogP contribution in [0.25, 0.3) is 0 Å². The Morgan fingerprint density at radius 3 is 2.02 bits per heavy atom. The maximum Gasteiger partial charge on any atom is 0.246 e. The SMILES string of the molecule is CC[C@H](C)[C@@H]1NC(=O)C(Cc2ccc(O)cc2)NC(=O)[C@@H](N)CSSCC(C(=O)N2CCC[C@H]2C(=O)N[C@H](C(=O)NCC(N)=O)[C@@H](C)CC)NC(=O)C(CC(N)=O)NC(=O)[C@H](CO)NC1=O. The molecule has 25 heteroatoms. The van der Waals surface area contributed by atoms with Crippen LogP contribution in [-0.4, -0.2) is 154 Å². The average molecular weight is 966 g/mol. The quantitative estimate of drug-likeness (QED) is 0.0749. The number of likely N-dealkylation sites (tertiary alicyclic amines) is 1. The molecule has 0 radical (unpaired) electrons. The molecule has 10 atom stereocenters. The largest absolute Gasteiger partial charge is 0.508 e. The molecule has 0 saturated carbocycles. The van der Waals surface area contributed by atoms with E-state index in [-0.39, 0.29) is 36.6 Å². The predicted octanol–water partition coefficient (Wildman–Crippen LogP) is -3.88. The van der Waals surface area contributed by atoms with Crippen LogP contribution in [0.2, 0.25) is 0 Å². The van der Waals surface area contributed by atoms with Crippen LogP contribution in [0.5, 0.6) is 5.75 Å². The van der Waals surface area contributed by atoms with Gasteiger partial charge in [0.15, 0.2) is 0 Å². The lowest BCUT2D eigenvalue weighted by Crippen LogP contribution is -2.62. The zero-order chi connectivity index (χ0) is 49.2. The summed E-state index contributed by atoms with van der Waals surface area (Å²) >= 11 is 0. The number of phenols is 1. The Kier molecular flexibility index (Phi) is 21.9. The number of benzene rings is 1. The molecule has 23 nitrogen and oxygen atoms in total. The number of carbonyl (C=O) groups excluding carboxylic acids is 10. The Bertz CT molecular complexity index is 1930. The number of phenolic OH excluding ortho intramolecular Hbond substituents is 1. The van der Waals surface area contributed by atoms with Crippen molar-refractivity contribution in [2.75, 3.05) is 31.2 Å². The zero-order valence-corrected chi connectivity index (χ0v) is 39.0. The summed E-state index contributed by atoms with van der Waals surface area (Å²) in [5.74, 6) is -9.85. The number of amides is 10. The fraction of sp³-hybridized carbons (Fsp3) is 0.610. The van der Waals surface area contributed by atoms with Crippen molar-refractivity contribution >= 4 is 80.7 Å². The third-order valence-corrected chi connectivity index (χ3v) is 13.7. The number of aliphatic hydroxyl groups excluding tert-OH is 1. The smallest absolute Gasteiger partial charge is 0.246 e. The second-order valence-electron chi connectivity index (χ2n) is 16.3. The van der Waals surface area contributed by atoms with Crippen LogP contribution in [0.1, 0.15) is 65.4 Å². The molecule has 366 valence electrons. The van der Waals surface area contributed by atoms with Gasteiger partial charge in [-0.15, -0.1) is 0 Å². The molecule has 2 fully saturated rings. The van der Waals surface area contributed by atoms with E-state index >= 15 is 0 Å². The van der Waals surface area contributed by atoms with Crippen molar-refractivity contribution in [3.63, 3.8) is 0 Å². The lowest BCUT2D eigenvalue weighted by Gasteiger charge is -2.31. The number of nitrogens with two attached hydrogens (primary N) is 3. The van der Waals surface area contributed by atoms with Gasteiger partial charge in [0.05, 0.1) is 25.6 Å². The Morgan fingerprint density at radius 2 is 1.41 bits per heavy atom. The highest BCUT2D eigenvalue weighted by Gasteiger charge is 2.41. The van der Waals surface area contributed by atoms with E-state index in [1.54, 1.807) is 27.7 Å². The first-order valence-corrected chi connectivity index (χ1v) is 24.1. The van der Waals surface area contributed by atoms with Crippen LogP contribution >= 0.6 is 21.6 Å². The maximum absolute atomic E-state index is 14.4. The molecule has 0 aromatic heterocycles. The van der Waals surface area contributed by atoms with Crippen molar-refractivity contribution < 1.29 is 58.2 Å². The fourth-order valence-corrected chi connectivity index (χ4v) is 9.23. The first-order chi connectivity index (χ1) is 31.2. The molecule has 0 spiro atoms. The number of hydrogen-bond acceptors (Lipinski definition) is 15. The van der Waals surface area contributed by atoms with Crippen LogP contribution in [0, 0.1) is 11.8 Å². The minimum Gasteiger partial charge on any atom is -0.508 e. The molecule has 1 aromatic rings. The topological polar surface area (TPSA) is 377 Å². The lowest BCUT2D eigenvalue weighted by atomic mass is 9.96. The summed E-state index contributed by atoms with van der Waals surface area (Å²) in [6, 6.07) is -5.10. The maximum atomic E-state index is 14.4. The lowest BCUT2D eigenvalue weighted by molar-refractivity contribution is -0.142. The molecule has 1 aromatic carbocycles. The molecule has 2 aliphatic heterocycles. The van der Waals surface area contributed by atoms with Crippen LogP contribution in [0.15, 0.2) is 24.3 Å². The first-order valence-electron chi connectivity index (χ1n) is 21.6. The van der Waals surface area contributed by atoms with Crippen LogP contribution in [-0.2, 0) is 54.4 Å². The van der Waals surface area contributed by atoms with Crippen molar-refractivity contribution in [2.45, 2.75) is 115 Å². The number of nitrogens with zero attached hydrogens (tertiary/aromatic N) is 1. The van der Waals surface area contributed by atoms with E-state index in [1.165, 1.54) is 29.2 Å². The second-order valence-corrected chi connectivity index (χ2v) is 18.8. The Hall–Kier alpha value is -5.66. The van der Waals surface area contributed by atoms with Crippen LogP contribution < -0.4 is 54.4 Å². The molecule has 2 aliphatic rings. The van der Waals surface area contributed by atoms with Gasteiger partial charge < -0.3 is 69.5 Å². The first kappa shape index (κ1) is 54.7. The third kappa shape index (κ3) is 16.3. The van der Waals surface area contributed by atoms with Crippen molar-refractivity contribution in [3.8, 4) is 5.75 Å². The number of nitrogens with one attached hydrogen (secondary N) is 7. The highest BCUT2D eigenvalue weighted by Crippen LogP contribution is 2.26. The standard InChI is InChI=1S/C41H63N11O12S2/c1-5-20(3)32(39(62)45-16-31(44)56)51-38(61)29-8-7-13-52(29)41(64)28-19-66-65-18-24(42)34(57)46-25(14-22-9-11-23(54)12-10-22)36(59)50-33(21(4)6-2)40(63)48-27(17-53)37(60)47-26(15-30(43)55)35(58)49-28/h9-12,20-21,24-29,32-33,53-54H,5-8,13-19,42H2,1-4H3,(H2,43,55)(H2,44,56)(H,45,62)(H,46,57)(H,47,60)(H,48,63)(H,49,58)(H,50,59)(H,51,61)/t20-,21-,24-,25?,26?,27-,28?,29-,32-,33-/m0/s1. The van der Waals surface area contributed by atoms with Crippen molar-refractivity contribution in [1.82, 2.24) is 42.1 Å². The number of primary amides is 2. The van der Waals surface area contributed by atoms with E-state index in [2.05, 4.69) is 37.2 Å². The van der Waals surface area contributed by atoms with Gasteiger partial charge in [0.2, 0.25) is 59.1 Å². The van der Waals surface area contributed by atoms with E-state index in [4.69, 9.17) is 17.2 Å². The molecular formula is C41H63N11O12S2. The van der Waals surface area contributed by atoms with Crippen molar-refractivity contribution in [3.05, 3.63) is 29.8 Å². The molecule has 66 heavy (non-hydrogen) atoms. The van der Waals surface area contributed by atoms with E-state index in [9.17, 15) is 58.2 Å². The van der Waals surface area contributed by atoms with E-state index in [0.29, 0.717) is 24.8 Å². The highest BCUT2D eigenvalue weighted by molar-refractivity contribution is 8.76. The van der Waals surface area contributed by atoms with Gasteiger partial charge >= 0.3 is 0 Å². The predicted molar refractivity (Wildman–Crippen MR) is 243 cm³/mol. The Balaban J connectivity index is 2.00. The van der Waals surface area contributed by atoms with Gasteiger partial charge in [0.25, 0.3) is 0 Å². The molecular weight excluding hydrogens is 903 g/mol. The zero-order valence-electron chi connectivity index (χ0n) is 37.3. The summed E-state index contributed by atoms with van der Waals surface area (Å²) in [7, 11) is 2.06. The molecule has 3 rings (SSSR count). The van der Waals surface area contributed by atoms with Crippen molar-refractivity contribution in [1.29, 1.82) is 0 Å². The van der Waals surface area contributed by atoms with Gasteiger partial charge in [-0.3, -0.25) is 47.9 Å². The number of rotatable bonds is 15. The molecule has 0 aliphatic carbocycles. The third-order valence-electron chi connectivity index (χ3n) is 11.2. The molecule has 2 saturated heterocycles. The van der Waals surface area contributed by atoms with Crippen LogP contribution in [0.3, 0.4) is 0 Å². The van der Waals surface area contributed by atoms with Gasteiger partial charge in [-0.25, -0.2) is 0 Å². The number of aromatic hydroxyl groups is 1. The van der Waals surface area contributed by atoms with E-state index in [1.807, 2.05) is 0 Å². The Labute approximate surface area is 390 Å². The molecule has 3 unspecified atom stereocenters. The summed E-state index contributed by atoms with van der Waals surface area (Å²) in [5.41, 5.74) is 17.5. The fourth-order valence-electron chi connectivity index (χ4n) is 6.95. The van der Waals surface area contributed by atoms with Crippen LogP contribution in [0.4, 0.5) is 0 Å². The van der Waals surface area contributed by atoms with E-state index < -0.39 is 139 Å². The second kappa shape index (κ2) is 26.5. The van der Waals surface area contributed by atoms with Gasteiger partial charge in [0, 0.05) is 24.5 Å². The average Bonchev–Trinajstić information content (AvgIpc) is 3.78. The minimum absolute atomic E-state index is 0.0398. The number of aliphatic hydroxyl groups is 1. The summed E-state index contributed by atoms with van der Waals surface area (Å²) in [5, 5.41) is 37.7. The molecule has 0 bridgehead atoms. The van der Waals surface area contributed by atoms with Gasteiger partial charge in [-0.05, 0) is 42.4 Å². The monoisotopic (exact) mass is 965 g/mol. The summed E-state index contributed by atoms with van der Waals surface area (Å²) in [6.45, 7) is 5.49. The van der Waals surface area contributed by atoms with Gasteiger partial charge in [-0.2, -0.15) is 0 Å². The van der Waals surface area contributed by atoms with Crippen molar-refractivity contribution in [2.24, 2.45) is 29.0 Å². The molecule has 2 heterocycles. The summed E-state index contributed by atoms with van der Waals surface area (Å²) in [6.07, 6.45) is 0.465. The number of carbonyl (C=O) groups is 10. The molecule has 10 amide bonds. The summed E-state index contributed by atoms with van der Waals surface area (Å²) < 4.78 is 0. The van der Waals surface area contributed by atoms with E-state index in [0.717, 1.165) is 21.6 Å². The van der Waals surface area contributed by atoms with Gasteiger partial charge in [-0.1, -0.05) is 74.3 Å².